The number of benzene rings is 2. The van der Waals surface area contributed by atoms with E-state index in [0.29, 0.717) is 10.8 Å². The van der Waals surface area contributed by atoms with Gasteiger partial charge >= 0.3 is 5.97 Å². The summed E-state index contributed by atoms with van der Waals surface area (Å²) in [7, 11) is 0. The third-order valence-electron chi connectivity index (χ3n) is 2.52. The van der Waals surface area contributed by atoms with Crippen LogP contribution in [0.1, 0.15) is 0 Å². The molecule has 6 nitrogen and oxygen atoms in total. The van der Waals surface area contributed by atoms with E-state index in [2.05, 4.69) is 0 Å². The van der Waals surface area contributed by atoms with Gasteiger partial charge in [0.15, 0.2) is 6.61 Å². The monoisotopic (exact) mass is 341 g/mol. The topological polar surface area (TPSA) is 78.7 Å². The summed E-state index contributed by atoms with van der Waals surface area (Å²) in [5.74, 6) is -0.187. The first kappa shape index (κ1) is 16.1. The first-order valence-electron chi connectivity index (χ1n) is 5.98. The summed E-state index contributed by atoms with van der Waals surface area (Å²) < 4.78 is 10.2. The Morgan fingerprint density at radius 3 is 2.41 bits per heavy atom. The van der Waals surface area contributed by atoms with Crippen LogP contribution in [-0.2, 0) is 4.79 Å². The number of nitrogens with zero attached hydrogens (tertiary/aromatic N) is 1. The Kier molecular flexibility index (Phi) is 5.19. The van der Waals surface area contributed by atoms with Crippen LogP contribution in [0.2, 0.25) is 10.0 Å². The highest BCUT2D eigenvalue weighted by atomic mass is 35.5. The van der Waals surface area contributed by atoms with Crippen LogP contribution in [0, 0.1) is 10.1 Å². The Hall–Kier alpha value is -2.31. The molecular formula is C14H9Cl2NO5. The van der Waals surface area contributed by atoms with Crippen molar-refractivity contribution in [3.05, 3.63) is 62.6 Å². The van der Waals surface area contributed by atoms with Gasteiger partial charge in [-0.25, -0.2) is 4.79 Å². The lowest BCUT2D eigenvalue weighted by Crippen LogP contribution is -2.17. The molecule has 114 valence electrons. The molecule has 0 aliphatic rings. The van der Waals surface area contributed by atoms with Gasteiger partial charge in [0, 0.05) is 17.2 Å². The van der Waals surface area contributed by atoms with Crippen molar-refractivity contribution >= 4 is 34.9 Å². The smallest absolute Gasteiger partial charge is 0.349 e. The van der Waals surface area contributed by atoms with E-state index in [1.165, 1.54) is 36.4 Å². The lowest BCUT2D eigenvalue weighted by atomic mass is 10.3. The van der Waals surface area contributed by atoms with Gasteiger partial charge in [0.05, 0.1) is 9.95 Å². The van der Waals surface area contributed by atoms with Gasteiger partial charge in [-0.15, -0.1) is 0 Å². The van der Waals surface area contributed by atoms with Crippen LogP contribution >= 0.6 is 23.2 Å². The minimum absolute atomic E-state index is 0.0935. The molecule has 0 atom stereocenters. The normalized spacial score (nSPS) is 10.1. The van der Waals surface area contributed by atoms with Crippen molar-refractivity contribution in [3.63, 3.8) is 0 Å². The van der Waals surface area contributed by atoms with Crippen molar-refractivity contribution in [2.24, 2.45) is 0 Å². The zero-order chi connectivity index (χ0) is 16.1. The molecule has 0 amide bonds. The third kappa shape index (κ3) is 4.34. The maximum Gasteiger partial charge on any atom is 0.349 e. The highest BCUT2D eigenvalue weighted by Crippen LogP contribution is 2.27. The van der Waals surface area contributed by atoms with Gasteiger partial charge in [-0.1, -0.05) is 23.2 Å². The molecule has 0 saturated carbocycles. The minimum atomic E-state index is -0.667. The molecule has 0 unspecified atom stereocenters. The van der Waals surface area contributed by atoms with Crippen molar-refractivity contribution in [3.8, 4) is 11.5 Å². The first-order valence-corrected chi connectivity index (χ1v) is 6.74. The summed E-state index contributed by atoms with van der Waals surface area (Å²) in [6.45, 7) is -0.363. The van der Waals surface area contributed by atoms with Gasteiger partial charge in [-0.2, -0.15) is 0 Å². The molecule has 2 aromatic rings. The Morgan fingerprint density at radius 1 is 1.14 bits per heavy atom. The highest BCUT2D eigenvalue weighted by molar-refractivity contribution is 6.35. The van der Waals surface area contributed by atoms with Crippen LogP contribution in [-0.4, -0.2) is 17.5 Å². The Morgan fingerprint density at radius 2 is 1.82 bits per heavy atom. The zero-order valence-corrected chi connectivity index (χ0v) is 12.5. The molecule has 0 aliphatic carbocycles. The number of carbonyl (C=O) groups excluding carboxylic acids is 1. The summed E-state index contributed by atoms with van der Waals surface area (Å²) in [4.78, 5) is 21.6. The van der Waals surface area contributed by atoms with Crippen molar-refractivity contribution < 1.29 is 19.2 Å². The van der Waals surface area contributed by atoms with E-state index in [4.69, 9.17) is 32.7 Å². The van der Waals surface area contributed by atoms with Crippen molar-refractivity contribution in [1.29, 1.82) is 0 Å². The second kappa shape index (κ2) is 7.11. The van der Waals surface area contributed by atoms with Gasteiger partial charge in [-0.3, -0.25) is 10.1 Å². The fraction of sp³-hybridized carbons (Fsp3) is 0.0714. The second-order valence-electron chi connectivity index (χ2n) is 4.09. The minimum Gasteiger partial charge on any atom is -0.480 e. The maximum absolute atomic E-state index is 11.6. The van der Waals surface area contributed by atoms with E-state index in [1.807, 2.05) is 0 Å². The van der Waals surface area contributed by atoms with Gasteiger partial charge in [0.25, 0.3) is 5.69 Å². The number of halogens is 2. The summed E-state index contributed by atoms with van der Waals surface area (Å²) in [6.07, 6.45) is 0. The average molecular weight is 342 g/mol. The molecule has 22 heavy (non-hydrogen) atoms. The van der Waals surface area contributed by atoms with E-state index < -0.39 is 10.9 Å². The van der Waals surface area contributed by atoms with E-state index in [0.717, 1.165) is 0 Å². The first-order chi connectivity index (χ1) is 10.5. The number of rotatable bonds is 5. The Labute approximate surface area is 135 Å². The van der Waals surface area contributed by atoms with Crippen LogP contribution in [0.4, 0.5) is 5.69 Å². The van der Waals surface area contributed by atoms with Crippen LogP contribution in [0.3, 0.4) is 0 Å². The number of nitro benzene ring substituents is 1. The van der Waals surface area contributed by atoms with Gasteiger partial charge in [0.1, 0.15) is 11.5 Å². The van der Waals surface area contributed by atoms with E-state index in [9.17, 15) is 14.9 Å². The lowest BCUT2D eigenvalue weighted by Gasteiger charge is -2.08. The fourth-order valence-electron chi connectivity index (χ4n) is 1.53. The number of carbonyl (C=O) groups is 1. The maximum atomic E-state index is 11.6. The Bertz CT molecular complexity index is 703. The quantitative estimate of drug-likeness (QED) is 0.357. The molecule has 2 rings (SSSR count). The number of esters is 1. The van der Waals surface area contributed by atoms with Gasteiger partial charge < -0.3 is 9.47 Å². The molecule has 0 aromatic heterocycles. The molecule has 0 heterocycles. The third-order valence-corrected chi connectivity index (χ3v) is 3.05. The molecule has 0 saturated heterocycles. The number of hydrogen-bond acceptors (Lipinski definition) is 5. The molecule has 0 spiro atoms. The van der Waals surface area contributed by atoms with Gasteiger partial charge in [0.2, 0.25) is 0 Å². The van der Waals surface area contributed by atoms with Gasteiger partial charge in [-0.05, 0) is 30.3 Å². The lowest BCUT2D eigenvalue weighted by molar-refractivity contribution is -0.384. The van der Waals surface area contributed by atoms with Crippen molar-refractivity contribution in [2.45, 2.75) is 0 Å². The average Bonchev–Trinajstić information content (AvgIpc) is 2.47. The molecule has 0 N–H and O–H groups in total. The standard InChI is InChI=1S/C14H9Cl2NO5/c15-9-1-6-13(12(16)7-9)21-8-14(18)22-11-4-2-10(3-5-11)17(19)20/h1-7H,8H2. The summed E-state index contributed by atoms with van der Waals surface area (Å²) in [5.41, 5.74) is -0.0935. The summed E-state index contributed by atoms with van der Waals surface area (Å²) in [5, 5.41) is 11.2. The number of nitro groups is 1. The predicted molar refractivity (Wildman–Crippen MR) is 80.7 cm³/mol. The zero-order valence-electron chi connectivity index (χ0n) is 11.0. The highest BCUT2D eigenvalue weighted by Gasteiger charge is 2.10. The molecule has 8 heteroatoms. The van der Waals surface area contributed by atoms with E-state index >= 15 is 0 Å². The number of hydrogen-bond donors (Lipinski definition) is 0. The van der Waals surface area contributed by atoms with Crippen LogP contribution in [0.5, 0.6) is 11.5 Å². The molecule has 0 aliphatic heterocycles. The number of ether oxygens (including phenoxy) is 2. The van der Waals surface area contributed by atoms with Crippen LogP contribution < -0.4 is 9.47 Å². The van der Waals surface area contributed by atoms with Crippen LogP contribution in [0.15, 0.2) is 42.5 Å². The SMILES string of the molecule is O=C(COc1ccc(Cl)cc1Cl)Oc1ccc([N+](=O)[O-])cc1. The Balaban J connectivity index is 1.91. The molecule has 0 bridgehead atoms. The van der Waals surface area contributed by atoms with E-state index in [-0.39, 0.29) is 23.1 Å². The fourth-order valence-corrected chi connectivity index (χ4v) is 1.99. The van der Waals surface area contributed by atoms with Crippen LogP contribution in [0.25, 0.3) is 0 Å². The summed E-state index contributed by atoms with van der Waals surface area (Å²) >= 11 is 11.6. The predicted octanol–water partition coefficient (Wildman–Crippen LogP) is 3.89. The second-order valence-corrected chi connectivity index (χ2v) is 4.93. The molecular weight excluding hydrogens is 333 g/mol. The molecule has 2 aromatic carbocycles. The number of non-ortho nitro benzene ring substituents is 1. The summed E-state index contributed by atoms with van der Waals surface area (Å²) in [6, 6.07) is 9.71. The largest absolute Gasteiger partial charge is 0.480 e. The molecule has 0 fully saturated rings. The van der Waals surface area contributed by atoms with Crippen molar-refractivity contribution in [1.82, 2.24) is 0 Å². The molecule has 0 radical (unpaired) electrons. The van der Waals surface area contributed by atoms with E-state index in [1.54, 1.807) is 6.07 Å². The van der Waals surface area contributed by atoms with Crippen molar-refractivity contribution in [2.75, 3.05) is 6.61 Å².